The van der Waals surface area contributed by atoms with E-state index in [-0.39, 0.29) is 5.41 Å². The number of aryl methyl sites for hydroxylation is 1. The maximum atomic E-state index is 4.29. The largest absolute Gasteiger partial charge is 0.224 e. The molecule has 3 heteroatoms. The minimum atomic E-state index is 0.102. The van der Waals surface area contributed by atoms with Crippen molar-refractivity contribution in [2.45, 2.75) is 33.1 Å². The Bertz CT molecular complexity index is 222. The summed E-state index contributed by atoms with van der Waals surface area (Å²) in [6, 6.07) is 0. The molecular formula is C7H12N2S. The van der Waals surface area contributed by atoms with Gasteiger partial charge in [0.15, 0.2) is 0 Å². The highest BCUT2D eigenvalue weighted by molar-refractivity contribution is 7.05. The summed E-state index contributed by atoms with van der Waals surface area (Å²) in [5.41, 5.74) is 0.102. The first-order valence-corrected chi connectivity index (χ1v) is 4.08. The van der Waals surface area contributed by atoms with Crippen molar-refractivity contribution in [1.82, 2.24) is 9.36 Å². The van der Waals surface area contributed by atoms with Crippen LogP contribution in [0.2, 0.25) is 0 Å². The van der Waals surface area contributed by atoms with E-state index >= 15 is 0 Å². The van der Waals surface area contributed by atoms with Crippen LogP contribution >= 0.6 is 11.5 Å². The van der Waals surface area contributed by atoms with E-state index < -0.39 is 0 Å². The lowest BCUT2D eigenvalue weighted by atomic mass is 9.96. The highest BCUT2D eigenvalue weighted by Crippen LogP contribution is 2.19. The topological polar surface area (TPSA) is 25.8 Å². The monoisotopic (exact) mass is 156 g/mol. The summed E-state index contributed by atoms with van der Waals surface area (Å²) >= 11 is 1.47. The molecule has 0 unspecified atom stereocenters. The van der Waals surface area contributed by atoms with E-state index in [1.807, 2.05) is 6.92 Å². The van der Waals surface area contributed by atoms with Crippen LogP contribution in [0.25, 0.3) is 0 Å². The maximum Gasteiger partial charge on any atom is 0.147 e. The second kappa shape index (κ2) is 2.31. The summed E-state index contributed by atoms with van der Waals surface area (Å²) in [7, 11) is 0. The third kappa shape index (κ3) is 1.53. The van der Waals surface area contributed by atoms with Gasteiger partial charge in [0, 0.05) is 5.41 Å². The Kier molecular flexibility index (Phi) is 1.77. The molecule has 0 spiro atoms. The van der Waals surface area contributed by atoms with Gasteiger partial charge in [-0.25, -0.2) is 4.98 Å². The molecule has 0 radical (unpaired) electrons. The van der Waals surface area contributed by atoms with Crippen LogP contribution in [0.3, 0.4) is 0 Å². The highest BCUT2D eigenvalue weighted by Gasteiger charge is 2.17. The summed E-state index contributed by atoms with van der Waals surface area (Å²) < 4.78 is 4.22. The fourth-order valence-electron chi connectivity index (χ4n) is 0.604. The fraction of sp³-hybridized carbons (Fsp3) is 0.714. The molecule has 0 amide bonds. The predicted octanol–water partition coefficient (Wildman–Crippen LogP) is 2.14. The van der Waals surface area contributed by atoms with Crippen molar-refractivity contribution in [2.24, 2.45) is 0 Å². The second-order valence-electron chi connectivity index (χ2n) is 3.39. The normalized spacial score (nSPS) is 12.0. The Hall–Kier alpha value is -0.440. The highest BCUT2D eigenvalue weighted by atomic mass is 32.1. The molecular weight excluding hydrogens is 144 g/mol. The zero-order valence-corrected chi connectivity index (χ0v) is 7.62. The van der Waals surface area contributed by atoms with Crippen molar-refractivity contribution in [3.8, 4) is 0 Å². The number of hydrogen-bond acceptors (Lipinski definition) is 3. The predicted molar refractivity (Wildman–Crippen MR) is 43.3 cm³/mol. The molecule has 2 nitrogen and oxygen atoms in total. The lowest BCUT2D eigenvalue weighted by Crippen LogP contribution is -2.12. The Morgan fingerprint density at radius 1 is 1.30 bits per heavy atom. The minimum Gasteiger partial charge on any atom is -0.224 e. The molecule has 0 saturated carbocycles. The minimum absolute atomic E-state index is 0.102. The van der Waals surface area contributed by atoms with Crippen molar-refractivity contribution in [3.05, 3.63) is 10.8 Å². The van der Waals surface area contributed by atoms with E-state index in [0.29, 0.717) is 0 Å². The average Bonchev–Trinajstić information content (AvgIpc) is 2.11. The lowest BCUT2D eigenvalue weighted by Gasteiger charge is -2.11. The van der Waals surface area contributed by atoms with Crippen molar-refractivity contribution < 1.29 is 0 Å². The summed E-state index contributed by atoms with van der Waals surface area (Å²) in [5, 5.41) is 1.05. The van der Waals surface area contributed by atoms with Crippen LogP contribution < -0.4 is 0 Å². The van der Waals surface area contributed by atoms with Crippen LogP contribution in [0, 0.1) is 6.92 Å². The van der Waals surface area contributed by atoms with Crippen molar-refractivity contribution >= 4 is 11.5 Å². The van der Waals surface area contributed by atoms with E-state index in [2.05, 4.69) is 30.1 Å². The van der Waals surface area contributed by atoms with Gasteiger partial charge in [-0.1, -0.05) is 20.8 Å². The van der Waals surface area contributed by atoms with Gasteiger partial charge in [0.05, 0.1) is 0 Å². The molecule has 0 aliphatic carbocycles. The van der Waals surface area contributed by atoms with Crippen molar-refractivity contribution in [3.63, 3.8) is 0 Å². The van der Waals surface area contributed by atoms with Gasteiger partial charge in [0.1, 0.15) is 10.8 Å². The van der Waals surface area contributed by atoms with Gasteiger partial charge in [0.25, 0.3) is 0 Å². The molecule has 0 aromatic carbocycles. The molecule has 1 rings (SSSR count). The van der Waals surface area contributed by atoms with Gasteiger partial charge >= 0.3 is 0 Å². The van der Waals surface area contributed by atoms with Gasteiger partial charge in [-0.05, 0) is 18.5 Å². The number of nitrogens with zero attached hydrogens (tertiary/aromatic N) is 2. The first-order chi connectivity index (χ1) is 4.50. The number of hydrogen-bond donors (Lipinski definition) is 0. The van der Waals surface area contributed by atoms with Crippen molar-refractivity contribution in [2.75, 3.05) is 0 Å². The first-order valence-electron chi connectivity index (χ1n) is 3.31. The SMILES string of the molecule is Cc1nc(C(C)(C)C)ns1. The van der Waals surface area contributed by atoms with E-state index in [1.165, 1.54) is 11.5 Å². The summed E-state index contributed by atoms with van der Waals surface area (Å²) in [4.78, 5) is 4.29. The summed E-state index contributed by atoms with van der Waals surface area (Å²) in [6.45, 7) is 8.34. The molecule has 0 saturated heterocycles. The third-order valence-electron chi connectivity index (χ3n) is 1.20. The molecule has 10 heavy (non-hydrogen) atoms. The molecule has 0 aliphatic heterocycles. The van der Waals surface area contributed by atoms with E-state index in [0.717, 1.165) is 10.8 Å². The van der Waals surface area contributed by atoms with Gasteiger partial charge in [0.2, 0.25) is 0 Å². The second-order valence-corrected chi connectivity index (χ2v) is 4.34. The van der Waals surface area contributed by atoms with E-state index in [1.54, 1.807) is 0 Å². The molecule has 56 valence electrons. The fourth-order valence-corrected chi connectivity index (χ4v) is 1.26. The standard InChI is InChI=1S/C7H12N2S/c1-5-8-6(9-10-5)7(2,3)4/h1-4H3. The number of aromatic nitrogens is 2. The maximum absolute atomic E-state index is 4.29. The number of rotatable bonds is 0. The average molecular weight is 156 g/mol. The molecule has 1 aromatic heterocycles. The van der Waals surface area contributed by atoms with Crippen LogP contribution in [0.4, 0.5) is 0 Å². The third-order valence-corrected chi connectivity index (χ3v) is 1.82. The van der Waals surface area contributed by atoms with Crippen LogP contribution in [0.1, 0.15) is 31.6 Å². The molecule has 0 aliphatic rings. The van der Waals surface area contributed by atoms with Crippen LogP contribution in [-0.2, 0) is 5.41 Å². The van der Waals surface area contributed by atoms with E-state index in [9.17, 15) is 0 Å². The van der Waals surface area contributed by atoms with Crippen molar-refractivity contribution in [1.29, 1.82) is 0 Å². The van der Waals surface area contributed by atoms with Gasteiger partial charge in [-0.3, -0.25) is 0 Å². The molecule has 0 N–H and O–H groups in total. The molecule has 1 heterocycles. The van der Waals surface area contributed by atoms with E-state index in [4.69, 9.17) is 0 Å². The van der Waals surface area contributed by atoms with Gasteiger partial charge in [-0.15, -0.1) is 0 Å². The molecule has 0 atom stereocenters. The quantitative estimate of drug-likeness (QED) is 0.575. The zero-order valence-electron chi connectivity index (χ0n) is 6.80. The van der Waals surface area contributed by atoms with Crippen LogP contribution in [0.15, 0.2) is 0 Å². The Morgan fingerprint density at radius 2 is 1.90 bits per heavy atom. The zero-order chi connectivity index (χ0) is 7.78. The Morgan fingerprint density at radius 3 is 2.10 bits per heavy atom. The first kappa shape index (κ1) is 7.66. The lowest BCUT2D eigenvalue weighted by molar-refractivity contribution is 0.553. The molecule has 0 fully saturated rings. The Balaban J connectivity index is 2.96. The molecule has 0 bridgehead atoms. The van der Waals surface area contributed by atoms with Gasteiger partial charge in [-0.2, -0.15) is 4.37 Å². The van der Waals surface area contributed by atoms with Crippen LogP contribution in [-0.4, -0.2) is 9.36 Å². The Labute approximate surface area is 65.5 Å². The smallest absolute Gasteiger partial charge is 0.147 e. The van der Waals surface area contributed by atoms with Gasteiger partial charge < -0.3 is 0 Å². The summed E-state index contributed by atoms with van der Waals surface area (Å²) in [5.74, 6) is 0.954. The van der Waals surface area contributed by atoms with Crippen LogP contribution in [0.5, 0.6) is 0 Å². The molecule has 1 aromatic rings. The summed E-state index contributed by atoms with van der Waals surface area (Å²) in [6.07, 6.45) is 0.